The second-order valence-corrected chi connectivity index (χ2v) is 7.42. The zero-order chi connectivity index (χ0) is 22.2. The van der Waals surface area contributed by atoms with Crippen LogP contribution < -0.4 is 9.80 Å². The van der Waals surface area contributed by atoms with E-state index in [4.69, 9.17) is 10.2 Å². The zero-order valence-corrected chi connectivity index (χ0v) is 17.6. The summed E-state index contributed by atoms with van der Waals surface area (Å²) < 4.78 is 0. The van der Waals surface area contributed by atoms with Crippen molar-refractivity contribution >= 4 is 35.5 Å². The highest BCUT2D eigenvalue weighted by atomic mass is 16.4. The van der Waals surface area contributed by atoms with Crippen LogP contribution in [0.1, 0.15) is 30.9 Å². The van der Waals surface area contributed by atoms with Gasteiger partial charge < -0.3 is 20.0 Å². The predicted molar refractivity (Wildman–Crippen MR) is 124 cm³/mol. The summed E-state index contributed by atoms with van der Waals surface area (Å²) in [7, 11) is 0. The van der Waals surface area contributed by atoms with Gasteiger partial charge in [-0.2, -0.15) is 0 Å². The van der Waals surface area contributed by atoms with Crippen molar-refractivity contribution in [3.63, 3.8) is 0 Å². The van der Waals surface area contributed by atoms with Gasteiger partial charge in [-0.25, -0.2) is 0 Å². The van der Waals surface area contributed by atoms with Crippen LogP contribution in [0.2, 0.25) is 0 Å². The highest BCUT2D eigenvalue weighted by Gasteiger charge is 2.18. The molecule has 0 spiro atoms. The summed E-state index contributed by atoms with van der Waals surface area (Å²) in [6.45, 7) is 3.59. The van der Waals surface area contributed by atoms with Crippen molar-refractivity contribution in [2.45, 2.75) is 25.8 Å². The van der Waals surface area contributed by atoms with Crippen LogP contribution in [0, 0.1) is 0 Å². The first-order chi connectivity index (χ1) is 15.0. The van der Waals surface area contributed by atoms with Crippen molar-refractivity contribution in [1.29, 1.82) is 0 Å². The van der Waals surface area contributed by atoms with Crippen molar-refractivity contribution in [2.75, 3.05) is 29.4 Å². The van der Waals surface area contributed by atoms with Gasteiger partial charge in [0, 0.05) is 31.0 Å². The molecule has 1 aliphatic heterocycles. The Labute approximate surface area is 182 Å². The normalized spacial score (nSPS) is 15.1. The number of carboxylic acids is 2. The number of hydrogen-bond donors (Lipinski definition) is 2. The van der Waals surface area contributed by atoms with E-state index < -0.39 is 11.9 Å². The van der Waals surface area contributed by atoms with E-state index in [1.165, 1.54) is 11.3 Å². The minimum absolute atomic E-state index is 0.0381. The molecule has 1 unspecified atom stereocenters. The second-order valence-electron chi connectivity index (χ2n) is 7.42. The molecule has 0 amide bonds. The summed E-state index contributed by atoms with van der Waals surface area (Å²) in [5.74, 6) is -1.80. The first-order valence-electron chi connectivity index (χ1n) is 10.5. The number of rotatable bonds is 10. The van der Waals surface area contributed by atoms with Crippen molar-refractivity contribution in [2.24, 2.45) is 0 Å². The van der Waals surface area contributed by atoms with Crippen LogP contribution in [0.5, 0.6) is 0 Å². The van der Waals surface area contributed by atoms with Crippen molar-refractivity contribution in [3.05, 3.63) is 71.8 Å². The molecule has 31 heavy (non-hydrogen) atoms. The summed E-state index contributed by atoms with van der Waals surface area (Å²) >= 11 is 0. The third-order valence-corrected chi connectivity index (χ3v) is 5.35. The molecular formula is C25H28N2O4. The zero-order valence-electron chi connectivity index (χ0n) is 17.6. The van der Waals surface area contributed by atoms with Gasteiger partial charge >= 0.3 is 11.9 Å². The standard InChI is InChI=1S/C25H28N2O4/c1-2-27-22(14-10-20-5-3-4-6-23(20)27)13-9-19-7-11-21(12-8-19)26(17-15-24(28)29)18-16-25(30)31/h3-14,22H,2,15-18H2,1H3,(H,28,29)(H,30,31)/b13-9+. The van der Waals surface area contributed by atoms with Crippen molar-refractivity contribution in [1.82, 2.24) is 0 Å². The Morgan fingerprint density at radius 1 is 1.00 bits per heavy atom. The van der Waals surface area contributed by atoms with Crippen LogP contribution in [-0.2, 0) is 9.59 Å². The van der Waals surface area contributed by atoms with Gasteiger partial charge in [0.2, 0.25) is 0 Å². The van der Waals surface area contributed by atoms with E-state index in [9.17, 15) is 9.59 Å². The van der Waals surface area contributed by atoms with Crippen molar-refractivity contribution < 1.29 is 19.8 Å². The maximum atomic E-state index is 10.9. The number of hydrogen-bond acceptors (Lipinski definition) is 4. The number of likely N-dealkylation sites (N-methyl/N-ethyl adjacent to an activating group) is 1. The molecule has 2 aromatic rings. The maximum Gasteiger partial charge on any atom is 0.305 e. The molecule has 6 heteroatoms. The first kappa shape index (κ1) is 22.2. The lowest BCUT2D eigenvalue weighted by atomic mass is 10.0. The maximum absolute atomic E-state index is 10.9. The number of fused-ring (bicyclic) bond motifs is 1. The topological polar surface area (TPSA) is 81.1 Å². The fourth-order valence-electron chi connectivity index (χ4n) is 3.74. The number of benzene rings is 2. The number of aliphatic carboxylic acids is 2. The van der Waals surface area contributed by atoms with E-state index in [0.29, 0.717) is 0 Å². The van der Waals surface area contributed by atoms with E-state index in [2.05, 4.69) is 54.3 Å². The van der Waals surface area contributed by atoms with Gasteiger partial charge in [-0.1, -0.05) is 54.6 Å². The molecule has 0 saturated carbocycles. The Morgan fingerprint density at radius 2 is 1.65 bits per heavy atom. The van der Waals surface area contributed by atoms with Gasteiger partial charge in [0.15, 0.2) is 0 Å². The van der Waals surface area contributed by atoms with Crippen LogP contribution in [0.4, 0.5) is 11.4 Å². The first-order valence-corrected chi connectivity index (χ1v) is 10.5. The lowest BCUT2D eigenvalue weighted by molar-refractivity contribution is -0.137. The monoisotopic (exact) mass is 420 g/mol. The quantitative estimate of drug-likeness (QED) is 0.594. The Balaban J connectivity index is 1.71. The molecule has 1 heterocycles. The van der Waals surface area contributed by atoms with E-state index in [1.54, 1.807) is 4.90 Å². The molecule has 2 N–H and O–H groups in total. The van der Waals surface area contributed by atoms with Gasteiger partial charge in [0.25, 0.3) is 0 Å². The summed E-state index contributed by atoms with van der Waals surface area (Å²) in [5.41, 5.74) is 4.30. The Bertz CT molecular complexity index is 948. The molecule has 1 atom stereocenters. The number of para-hydroxylation sites is 1. The molecule has 0 bridgehead atoms. The number of anilines is 2. The third kappa shape index (κ3) is 5.98. The lowest BCUT2D eigenvalue weighted by Gasteiger charge is -2.33. The van der Waals surface area contributed by atoms with E-state index in [-0.39, 0.29) is 32.0 Å². The molecule has 0 aromatic heterocycles. The van der Waals surface area contributed by atoms with Gasteiger partial charge in [-0.15, -0.1) is 0 Å². The minimum Gasteiger partial charge on any atom is -0.481 e. The molecule has 6 nitrogen and oxygen atoms in total. The molecule has 1 aliphatic rings. The third-order valence-electron chi connectivity index (χ3n) is 5.35. The molecule has 0 saturated heterocycles. The predicted octanol–water partition coefficient (Wildman–Crippen LogP) is 4.38. The van der Waals surface area contributed by atoms with Gasteiger partial charge in [-0.3, -0.25) is 9.59 Å². The smallest absolute Gasteiger partial charge is 0.305 e. The Hall–Kier alpha value is -3.54. The fourth-order valence-corrected chi connectivity index (χ4v) is 3.74. The molecular weight excluding hydrogens is 392 g/mol. The summed E-state index contributed by atoms with van der Waals surface area (Å²) in [6.07, 6.45) is 8.51. The van der Waals surface area contributed by atoms with E-state index in [0.717, 1.165) is 17.8 Å². The van der Waals surface area contributed by atoms with Gasteiger partial charge in [0.05, 0.1) is 18.9 Å². The Morgan fingerprint density at radius 3 is 2.26 bits per heavy atom. The summed E-state index contributed by atoms with van der Waals surface area (Å²) in [4.78, 5) is 26.0. The molecule has 0 aliphatic carbocycles. The number of carbonyl (C=O) groups is 2. The molecule has 162 valence electrons. The Kier molecular flexibility index (Phi) is 7.49. The van der Waals surface area contributed by atoms with Crippen LogP contribution in [-0.4, -0.2) is 47.8 Å². The fraction of sp³-hybridized carbons (Fsp3) is 0.280. The van der Waals surface area contributed by atoms with Crippen molar-refractivity contribution in [3.8, 4) is 0 Å². The SMILES string of the molecule is CCN1c2ccccc2C=CC1/C=C/c1ccc(N(CCC(=O)O)CCC(=O)O)cc1. The summed E-state index contributed by atoms with van der Waals surface area (Å²) in [5, 5.41) is 17.9. The van der Waals surface area contributed by atoms with Crippen LogP contribution in [0.25, 0.3) is 12.2 Å². The molecule has 0 fully saturated rings. The molecule has 0 radical (unpaired) electrons. The summed E-state index contributed by atoms with van der Waals surface area (Å²) in [6, 6.07) is 16.3. The van der Waals surface area contributed by atoms with Gasteiger partial charge in [-0.05, 0) is 36.2 Å². The average Bonchev–Trinajstić information content (AvgIpc) is 2.77. The molecule has 2 aromatic carbocycles. The van der Waals surface area contributed by atoms with Crippen LogP contribution in [0.15, 0.2) is 60.7 Å². The van der Waals surface area contributed by atoms with Crippen LogP contribution in [0.3, 0.4) is 0 Å². The van der Waals surface area contributed by atoms with E-state index in [1.807, 2.05) is 30.3 Å². The number of nitrogens with zero attached hydrogens (tertiary/aromatic N) is 2. The lowest BCUT2D eigenvalue weighted by Crippen LogP contribution is -2.34. The average molecular weight is 421 g/mol. The molecule has 3 rings (SSSR count). The largest absolute Gasteiger partial charge is 0.481 e. The second kappa shape index (κ2) is 10.5. The number of carboxylic acid groups (broad SMARTS) is 2. The highest BCUT2D eigenvalue weighted by molar-refractivity contribution is 5.74. The highest BCUT2D eigenvalue weighted by Crippen LogP contribution is 2.29. The van der Waals surface area contributed by atoms with Gasteiger partial charge in [0.1, 0.15) is 0 Å². The van der Waals surface area contributed by atoms with E-state index >= 15 is 0 Å². The minimum atomic E-state index is -0.900. The van der Waals surface area contributed by atoms with Crippen LogP contribution >= 0.6 is 0 Å².